The van der Waals surface area contributed by atoms with Crippen LogP contribution in [0, 0.1) is 13.8 Å². The van der Waals surface area contributed by atoms with E-state index in [2.05, 4.69) is 11.4 Å². The summed E-state index contributed by atoms with van der Waals surface area (Å²) < 4.78 is 26.1. The Kier molecular flexibility index (Phi) is 6.88. The van der Waals surface area contributed by atoms with E-state index in [1.807, 2.05) is 58.9 Å². The number of nitrogens with one attached hydrogen (secondary N) is 1. The van der Waals surface area contributed by atoms with E-state index in [4.69, 9.17) is 0 Å². The molecule has 0 radical (unpaired) electrons. The van der Waals surface area contributed by atoms with E-state index >= 15 is 0 Å². The number of amides is 1. The number of anilines is 1. The number of sulfonamides is 1. The molecule has 0 saturated carbocycles. The highest BCUT2D eigenvalue weighted by molar-refractivity contribution is 7.92. The predicted octanol–water partition coefficient (Wildman–Crippen LogP) is 4.07. The maximum Gasteiger partial charge on any atom is 0.241 e. The molecule has 28 heavy (non-hydrogen) atoms. The molecule has 0 aromatic heterocycles. The maximum absolute atomic E-state index is 12.7. The van der Waals surface area contributed by atoms with E-state index < -0.39 is 10.0 Å². The molecule has 1 atom stereocenters. The normalized spacial score (nSPS) is 12.7. The standard InChI is InChI=1S/C22H30N2O3S/c1-15(2)19-9-7-8-10-21(19)24(28(6,26)27)14-22(25)23-18(5)20-12-11-16(3)13-17(20)4/h7-13,15,18H,14H2,1-6H3,(H,23,25)/t18-/m0/s1. The molecule has 0 aliphatic carbocycles. The molecule has 152 valence electrons. The fourth-order valence-electron chi connectivity index (χ4n) is 3.39. The zero-order valence-electron chi connectivity index (χ0n) is 17.5. The molecule has 0 aliphatic rings. The number of hydrogen-bond acceptors (Lipinski definition) is 3. The Morgan fingerprint density at radius 1 is 1.04 bits per heavy atom. The van der Waals surface area contributed by atoms with Crippen LogP contribution in [0.1, 0.15) is 55.0 Å². The minimum Gasteiger partial charge on any atom is -0.348 e. The zero-order chi connectivity index (χ0) is 21.1. The number of nitrogens with zero attached hydrogens (tertiary/aromatic N) is 1. The quantitative estimate of drug-likeness (QED) is 0.759. The molecular weight excluding hydrogens is 372 g/mol. The Morgan fingerprint density at radius 3 is 2.25 bits per heavy atom. The van der Waals surface area contributed by atoms with Crippen molar-refractivity contribution in [2.24, 2.45) is 0 Å². The Morgan fingerprint density at radius 2 is 1.68 bits per heavy atom. The Hall–Kier alpha value is -2.34. The number of carbonyl (C=O) groups excluding carboxylic acids is 1. The summed E-state index contributed by atoms with van der Waals surface area (Å²) in [6.07, 6.45) is 1.13. The summed E-state index contributed by atoms with van der Waals surface area (Å²) in [7, 11) is -3.61. The van der Waals surface area contributed by atoms with Crippen LogP contribution in [-0.2, 0) is 14.8 Å². The number of aryl methyl sites for hydroxylation is 2. The van der Waals surface area contributed by atoms with E-state index in [1.165, 1.54) is 4.31 Å². The fourth-order valence-corrected chi connectivity index (χ4v) is 4.27. The lowest BCUT2D eigenvalue weighted by Crippen LogP contribution is -2.41. The largest absolute Gasteiger partial charge is 0.348 e. The van der Waals surface area contributed by atoms with Gasteiger partial charge in [0.2, 0.25) is 15.9 Å². The summed E-state index contributed by atoms with van der Waals surface area (Å²) in [4.78, 5) is 12.7. The number of carbonyl (C=O) groups is 1. The summed E-state index contributed by atoms with van der Waals surface area (Å²) in [5, 5.41) is 2.93. The van der Waals surface area contributed by atoms with Crippen molar-refractivity contribution in [1.29, 1.82) is 0 Å². The van der Waals surface area contributed by atoms with Gasteiger partial charge in [0.1, 0.15) is 6.54 Å². The van der Waals surface area contributed by atoms with Gasteiger partial charge in [0.25, 0.3) is 0 Å². The van der Waals surface area contributed by atoms with Gasteiger partial charge in [0, 0.05) is 0 Å². The third-order valence-electron chi connectivity index (χ3n) is 4.78. The lowest BCUT2D eigenvalue weighted by molar-refractivity contribution is -0.120. The van der Waals surface area contributed by atoms with Crippen molar-refractivity contribution in [1.82, 2.24) is 5.32 Å². The third kappa shape index (κ3) is 5.35. The van der Waals surface area contributed by atoms with Crippen LogP contribution < -0.4 is 9.62 Å². The first-order valence-corrected chi connectivity index (χ1v) is 11.3. The molecule has 0 saturated heterocycles. The minimum absolute atomic E-state index is 0.137. The van der Waals surface area contributed by atoms with Crippen LogP contribution >= 0.6 is 0 Å². The predicted molar refractivity (Wildman–Crippen MR) is 115 cm³/mol. The first kappa shape index (κ1) is 22.0. The molecule has 2 aromatic rings. The average Bonchev–Trinajstić information content (AvgIpc) is 2.58. The number of hydrogen-bond donors (Lipinski definition) is 1. The van der Waals surface area contributed by atoms with Gasteiger partial charge < -0.3 is 5.32 Å². The third-order valence-corrected chi connectivity index (χ3v) is 5.91. The lowest BCUT2D eigenvalue weighted by Gasteiger charge is -2.26. The van der Waals surface area contributed by atoms with E-state index in [9.17, 15) is 13.2 Å². The van der Waals surface area contributed by atoms with Gasteiger partial charge in [-0.1, -0.05) is 55.8 Å². The highest BCUT2D eigenvalue weighted by Gasteiger charge is 2.24. The summed E-state index contributed by atoms with van der Waals surface area (Å²) in [6, 6.07) is 13.2. The lowest BCUT2D eigenvalue weighted by atomic mass is 10.00. The smallest absolute Gasteiger partial charge is 0.241 e. The van der Waals surface area contributed by atoms with Crippen molar-refractivity contribution in [3.05, 3.63) is 64.7 Å². The van der Waals surface area contributed by atoms with Gasteiger partial charge >= 0.3 is 0 Å². The number of benzene rings is 2. The van der Waals surface area contributed by atoms with E-state index in [1.54, 1.807) is 12.1 Å². The topological polar surface area (TPSA) is 66.5 Å². The van der Waals surface area contributed by atoms with Crippen LogP contribution in [0.15, 0.2) is 42.5 Å². The van der Waals surface area contributed by atoms with Crippen LogP contribution in [-0.4, -0.2) is 27.1 Å². The maximum atomic E-state index is 12.7. The summed E-state index contributed by atoms with van der Waals surface area (Å²) in [5.41, 5.74) is 4.72. The molecule has 0 heterocycles. The van der Waals surface area contributed by atoms with E-state index in [0.29, 0.717) is 5.69 Å². The van der Waals surface area contributed by atoms with Gasteiger partial charge in [-0.15, -0.1) is 0 Å². The first-order valence-electron chi connectivity index (χ1n) is 9.44. The molecule has 0 bridgehead atoms. The van der Waals surface area contributed by atoms with Crippen LogP contribution in [0.2, 0.25) is 0 Å². The highest BCUT2D eigenvalue weighted by atomic mass is 32.2. The van der Waals surface area contributed by atoms with Gasteiger partial charge in [-0.05, 0) is 49.4 Å². The minimum atomic E-state index is -3.61. The monoisotopic (exact) mass is 402 g/mol. The SMILES string of the molecule is Cc1ccc([C@H](C)NC(=O)CN(c2ccccc2C(C)C)S(C)(=O)=O)c(C)c1. The molecule has 0 aliphatic heterocycles. The summed E-state index contributed by atoms with van der Waals surface area (Å²) in [5.74, 6) is -0.200. The highest BCUT2D eigenvalue weighted by Crippen LogP contribution is 2.29. The second-order valence-corrected chi connectivity index (χ2v) is 9.54. The van der Waals surface area contributed by atoms with Crippen LogP contribution in [0.4, 0.5) is 5.69 Å². The van der Waals surface area contributed by atoms with Crippen molar-refractivity contribution < 1.29 is 13.2 Å². The van der Waals surface area contributed by atoms with Gasteiger partial charge in [0.15, 0.2) is 0 Å². The molecule has 0 spiro atoms. The van der Waals surface area contributed by atoms with Gasteiger partial charge in [-0.25, -0.2) is 8.42 Å². The van der Waals surface area contributed by atoms with Crippen molar-refractivity contribution in [2.75, 3.05) is 17.1 Å². The first-order chi connectivity index (χ1) is 13.0. The molecular formula is C22H30N2O3S. The average molecular weight is 403 g/mol. The molecule has 2 aromatic carbocycles. The molecule has 0 unspecified atom stereocenters. The molecule has 2 rings (SSSR count). The number of rotatable bonds is 7. The van der Waals surface area contributed by atoms with Crippen molar-refractivity contribution >= 4 is 21.6 Å². The van der Waals surface area contributed by atoms with E-state index in [-0.39, 0.29) is 24.4 Å². The zero-order valence-corrected chi connectivity index (χ0v) is 18.3. The molecule has 6 heteroatoms. The Labute approximate surface area is 168 Å². The summed E-state index contributed by atoms with van der Waals surface area (Å²) in [6.45, 7) is 9.69. The molecule has 0 fully saturated rings. The Balaban J connectivity index is 2.25. The van der Waals surface area contributed by atoms with Gasteiger partial charge in [-0.2, -0.15) is 0 Å². The van der Waals surface area contributed by atoms with Crippen molar-refractivity contribution in [3.8, 4) is 0 Å². The molecule has 1 amide bonds. The van der Waals surface area contributed by atoms with Crippen LogP contribution in [0.5, 0.6) is 0 Å². The second kappa shape index (κ2) is 8.78. The summed E-state index contributed by atoms with van der Waals surface area (Å²) >= 11 is 0. The second-order valence-electron chi connectivity index (χ2n) is 7.63. The Bertz CT molecular complexity index is 952. The van der Waals surface area contributed by atoms with E-state index in [0.717, 1.165) is 28.5 Å². The van der Waals surface area contributed by atoms with Gasteiger partial charge in [0.05, 0.1) is 18.0 Å². The van der Waals surface area contributed by atoms with Crippen LogP contribution in [0.3, 0.4) is 0 Å². The fraction of sp³-hybridized carbons (Fsp3) is 0.409. The molecule has 5 nitrogen and oxygen atoms in total. The molecule has 1 N–H and O–H groups in total. The van der Waals surface area contributed by atoms with Gasteiger partial charge in [-0.3, -0.25) is 9.10 Å². The number of para-hydroxylation sites is 1. The van der Waals surface area contributed by atoms with Crippen LogP contribution in [0.25, 0.3) is 0 Å². The van der Waals surface area contributed by atoms with Crippen molar-refractivity contribution in [2.45, 2.75) is 46.6 Å². The van der Waals surface area contributed by atoms with Crippen molar-refractivity contribution in [3.63, 3.8) is 0 Å².